The summed E-state index contributed by atoms with van der Waals surface area (Å²) in [5.41, 5.74) is 0.838. The predicted octanol–water partition coefficient (Wildman–Crippen LogP) is 5.94. The Morgan fingerprint density at radius 3 is 2.19 bits per heavy atom. The third-order valence-corrected chi connectivity index (χ3v) is 9.68. The molecule has 1 aliphatic carbocycles. The summed E-state index contributed by atoms with van der Waals surface area (Å²) in [4.78, 5) is 29.1. The van der Waals surface area contributed by atoms with Gasteiger partial charge in [0.05, 0.1) is 17.7 Å². The maximum Gasteiger partial charge on any atom is 0.264 e. The van der Waals surface area contributed by atoms with Gasteiger partial charge >= 0.3 is 0 Å². The van der Waals surface area contributed by atoms with Crippen LogP contribution < -0.4 is 14.4 Å². The van der Waals surface area contributed by atoms with Crippen LogP contribution in [-0.4, -0.2) is 50.9 Å². The van der Waals surface area contributed by atoms with E-state index in [-0.39, 0.29) is 29.1 Å². The minimum absolute atomic E-state index is 0.00719. The van der Waals surface area contributed by atoms with Crippen LogP contribution in [0.15, 0.2) is 77.7 Å². The van der Waals surface area contributed by atoms with E-state index in [1.807, 2.05) is 0 Å². The number of amides is 2. The Morgan fingerprint density at radius 2 is 1.60 bits per heavy atom. The normalized spacial score (nSPS) is 14.5. The monoisotopic (exact) mass is 629 g/mol. The Morgan fingerprint density at radius 1 is 0.977 bits per heavy atom. The van der Waals surface area contributed by atoms with Gasteiger partial charge in [0.1, 0.15) is 24.2 Å². The summed E-state index contributed by atoms with van der Waals surface area (Å²) in [5, 5.41) is 3.51. The molecule has 0 unspecified atom stereocenters. The summed E-state index contributed by atoms with van der Waals surface area (Å²) in [6.45, 7) is 1.22. The highest BCUT2D eigenvalue weighted by Gasteiger charge is 2.34. The van der Waals surface area contributed by atoms with Crippen LogP contribution in [0.25, 0.3) is 0 Å². The number of hydrogen-bond donors (Lipinski definition) is 1. The van der Waals surface area contributed by atoms with Gasteiger partial charge < -0.3 is 15.0 Å². The molecule has 3 aromatic carbocycles. The number of carbonyl (C=O) groups is 2. The second-order valence-electron chi connectivity index (χ2n) is 10.6. The number of benzene rings is 3. The number of anilines is 1. The van der Waals surface area contributed by atoms with Crippen molar-refractivity contribution < 1.29 is 27.1 Å². The molecule has 0 heterocycles. The average Bonchev–Trinajstić information content (AvgIpc) is 3.01. The maximum atomic E-state index is 14.2. The van der Waals surface area contributed by atoms with Crippen molar-refractivity contribution in [3.8, 4) is 5.75 Å². The summed E-state index contributed by atoms with van der Waals surface area (Å²) in [6.07, 6.45) is 5.23. The summed E-state index contributed by atoms with van der Waals surface area (Å²) in [5.74, 6) is -0.820. The molecule has 0 aliphatic heterocycles. The van der Waals surface area contributed by atoms with E-state index in [9.17, 15) is 22.4 Å². The van der Waals surface area contributed by atoms with Gasteiger partial charge in [0, 0.05) is 17.6 Å². The average molecular weight is 630 g/mol. The fourth-order valence-corrected chi connectivity index (χ4v) is 6.80. The molecule has 1 saturated carbocycles. The van der Waals surface area contributed by atoms with Crippen LogP contribution in [0.1, 0.15) is 51.0 Å². The van der Waals surface area contributed by atoms with Crippen LogP contribution in [0.3, 0.4) is 0 Å². The first-order valence-corrected chi connectivity index (χ1v) is 16.2. The molecule has 0 radical (unpaired) electrons. The van der Waals surface area contributed by atoms with E-state index >= 15 is 0 Å². The van der Waals surface area contributed by atoms with E-state index in [1.54, 1.807) is 31.2 Å². The van der Waals surface area contributed by atoms with Gasteiger partial charge in [0.2, 0.25) is 11.8 Å². The minimum atomic E-state index is -4.24. The molecule has 1 atom stereocenters. The van der Waals surface area contributed by atoms with Crippen LogP contribution >= 0.6 is 11.6 Å². The van der Waals surface area contributed by atoms with Crippen molar-refractivity contribution in [1.82, 2.24) is 10.2 Å². The van der Waals surface area contributed by atoms with Gasteiger partial charge in [-0.1, -0.05) is 49.9 Å². The number of hydrogen-bond acceptors (Lipinski definition) is 5. The molecule has 0 bridgehead atoms. The third-order valence-electron chi connectivity index (χ3n) is 7.64. The largest absolute Gasteiger partial charge is 0.497 e. The van der Waals surface area contributed by atoms with E-state index in [0.717, 1.165) is 36.4 Å². The van der Waals surface area contributed by atoms with Crippen LogP contribution in [0.2, 0.25) is 5.02 Å². The first-order chi connectivity index (χ1) is 20.6. The molecular formula is C32H37ClFN3O5S. The summed E-state index contributed by atoms with van der Waals surface area (Å²) in [7, 11) is -2.76. The molecule has 4 rings (SSSR count). The SMILES string of the molecule is CC[C@H](C(=O)NC1CCCCC1)N(Cc1ccc(F)cc1)C(=O)CN(c1ccc(Cl)cc1)S(=O)(=O)c1ccc(OC)cc1. The van der Waals surface area contributed by atoms with Gasteiger partial charge in [-0.05, 0) is 85.5 Å². The van der Waals surface area contributed by atoms with Crippen molar-refractivity contribution in [1.29, 1.82) is 0 Å². The predicted molar refractivity (Wildman–Crippen MR) is 165 cm³/mol. The van der Waals surface area contributed by atoms with Gasteiger partial charge in [-0.2, -0.15) is 0 Å². The molecule has 1 fully saturated rings. The third kappa shape index (κ3) is 8.26. The van der Waals surface area contributed by atoms with Crippen molar-refractivity contribution in [2.24, 2.45) is 0 Å². The van der Waals surface area contributed by atoms with Gasteiger partial charge in [0.25, 0.3) is 10.0 Å². The van der Waals surface area contributed by atoms with Crippen molar-refractivity contribution in [3.05, 3.63) is 89.2 Å². The molecule has 0 saturated heterocycles. The van der Waals surface area contributed by atoms with Gasteiger partial charge in [-0.3, -0.25) is 13.9 Å². The number of nitrogens with zero attached hydrogens (tertiary/aromatic N) is 2. The highest BCUT2D eigenvalue weighted by atomic mass is 35.5. The maximum absolute atomic E-state index is 14.2. The Bertz CT molecular complexity index is 1480. The van der Waals surface area contributed by atoms with Crippen LogP contribution in [0, 0.1) is 5.82 Å². The first-order valence-electron chi connectivity index (χ1n) is 14.4. The molecule has 1 N–H and O–H groups in total. The molecule has 0 spiro atoms. The molecule has 11 heteroatoms. The van der Waals surface area contributed by atoms with Crippen LogP contribution in [-0.2, 0) is 26.2 Å². The Balaban J connectivity index is 1.69. The molecule has 3 aromatic rings. The quantitative estimate of drug-likeness (QED) is 0.268. The van der Waals surface area contributed by atoms with Gasteiger partial charge in [-0.25, -0.2) is 12.8 Å². The zero-order chi connectivity index (χ0) is 31.0. The molecule has 230 valence electrons. The zero-order valence-electron chi connectivity index (χ0n) is 24.3. The van der Waals surface area contributed by atoms with Gasteiger partial charge in [-0.15, -0.1) is 0 Å². The minimum Gasteiger partial charge on any atom is -0.497 e. The number of sulfonamides is 1. The van der Waals surface area contributed by atoms with Crippen LogP contribution in [0.4, 0.5) is 10.1 Å². The number of nitrogens with one attached hydrogen (secondary N) is 1. The van der Waals surface area contributed by atoms with E-state index in [2.05, 4.69) is 5.32 Å². The topological polar surface area (TPSA) is 96.0 Å². The highest BCUT2D eigenvalue weighted by molar-refractivity contribution is 7.92. The summed E-state index contributed by atoms with van der Waals surface area (Å²) in [6, 6.07) is 16.8. The Labute approximate surface area is 257 Å². The molecule has 0 aromatic heterocycles. The first kappa shape index (κ1) is 32.3. The van der Waals surface area contributed by atoms with E-state index < -0.39 is 34.3 Å². The van der Waals surface area contributed by atoms with E-state index in [1.165, 1.54) is 60.5 Å². The molecule has 1 aliphatic rings. The number of halogens is 2. The lowest BCUT2D eigenvalue weighted by atomic mass is 9.95. The molecule has 8 nitrogen and oxygen atoms in total. The molecule has 2 amide bonds. The number of ether oxygens (including phenoxy) is 1. The molecule has 43 heavy (non-hydrogen) atoms. The lowest BCUT2D eigenvalue weighted by Gasteiger charge is -2.34. The van der Waals surface area contributed by atoms with E-state index in [4.69, 9.17) is 16.3 Å². The van der Waals surface area contributed by atoms with Crippen molar-refractivity contribution in [2.75, 3.05) is 18.0 Å². The zero-order valence-corrected chi connectivity index (χ0v) is 25.9. The van der Waals surface area contributed by atoms with Crippen molar-refractivity contribution in [2.45, 2.75) is 69.0 Å². The number of rotatable bonds is 12. The fraction of sp³-hybridized carbons (Fsp3) is 0.375. The Hall–Kier alpha value is -3.63. The van der Waals surface area contributed by atoms with E-state index in [0.29, 0.717) is 22.8 Å². The lowest BCUT2D eigenvalue weighted by Crippen LogP contribution is -2.54. The highest BCUT2D eigenvalue weighted by Crippen LogP contribution is 2.27. The Kier molecular flexibility index (Phi) is 11.0. The number of methoxy groups -OCH3 is 1. The molecular weight excluding hydrogens is 593 g/mol. The lowest BCUT2D eigenvalue weighted by molar-refractivity contribution is -0.140. The van der Waals surface area contributed by atoms with Crippen LogP contribution in [0.5, 0.6) is 5.75 Å². The van der Waals surface area contributed by atoms with Crippen molar-refractivity contribution in [3.63, 3.8) is 0 Å². The second-order valence-corrected chi connectivity index (χ2v) is 12.9. The fourth-order valence-electron chi connectivity index (χ4n) is 5.26. The van der Waals surface area contributed by atoms with Crippen molar-refractivity contribution >= 4 is 39.1 Å². The summed E-state index contributed by atoms with van der Waals surface area (Å²) >= 11 is 6.09. The van der Waals surface area contributed by atoms with Gasteiger partial charge in [0.15, 0.2) is 0 Å². The standard InChI is InChI=1S/C32H37ClFN3O5S/c1-3-30(32(39)35-26-7-5-4-6-8-26)36(21-23-9-13-25(34)14-10-23)31(38)22-37(27-15-11-24(33)12-16-27)43(40,41)29-19-17-28(42-2)18-20-29/h9-20,26,30H,3-8,21-22H2,1-2H3,(H,35,39)/t30-/m1/s1. The second kappa shape index (κ2) is 14.7. The smallest absolute Gasteiger partial charge is 0.264 e. The summed E-state index contributed by atoms with van der Waals surface area (Å²) < 4.78 is 47.8. The number of carbonyl (C=O) groups excluding carboxylic acids is 2.